The average molecular weight is 523 g/mol. The predicted molar refractivity (Wildman–Crippen MR) is 145 cm³/mol. The molecule has 0 spiro atoms. The van der Waals surface area contributed by atoms with Gasteiger partial charge in [0, 0.05) is 23.3 Å². The Labute approximate surface area is 223 Å². The van der Waals surface area contributed by atoms with Crippen LogP contribution in [0.4, 0.5) is 11.4 Å². The van der Waals surface area contributed by atoms with Crippen LogP contribution in [0.1, 0.15) is 42.2 Å². The third-order valence-electron chi connectivity index (χ3n) is 5.54. The van der Waals surface area contributed by atoms with Crippen LogP contribution in [-0.2, 0) is 0 Å². The van der Waals surface area contributed by atoms with Crippen molar-refractivity contribution in [1.29, 1.82) is 0 Å². The summed E-state index contributed by atoms with van der Waals surface area (Å²) in [5.41, 5.74) is 4.68. The summed E-state index contributed by atoms with van der Waals surface area (Å²) in [5.74, 6) is -1.41. The third kappa shape index (κ3) is 6.77. The van der Waals surface area contributed by atoms with E-state index < -0.39 is 22.7 Å². The van der Waals surface area contributed by atoms with Crippen LogP contribution in [0.3, 0.4) is 0 Å². The minimum atomic E-state index is -0.597. The van der Waals surface area contributed by atoms with E-state index in [2.05, 4.69) is 15.8 Å². The number of ether oxygens (including phenoxy) is 1. The second-order valence-corrected chi connectivity index (χ2v) is 8.30. The van der Waals surface area contributed by atoms with Crippen molar-refractivity contribution in [2.75, 3.05) is 5.32 Å². The number of nitrogens with one attached hydrogen (secondary N) is 2. The van der Waals surface area contributed by atoms with Gasteiger partial charge in [-0.15, -0.1) is 0 Å². The number of amides is 2. The summed E-state index contributed by atoms with van der Waals surface area (Å²) in [5, 5.41) is 17.4. The van der Waals surface area contributed by atoms with Crippen LogP contribution < -0.4 is 15.5 Å². The number of para-hydroxylation sites is 2. The molecule has 4 aromatic rings. The van der Waals surface area contributed by atoms with Gasteiger partial charge in [0.1, 0.15) is 5.75 Å². The molecule has 4 aromatic carbocycles. The van der Waals surface area contributed by atoms with Crippen molar-refractivity contribution >= 4 is 35.4 Å². The van der Waals surface area contributed by atoms with Gasteiger partial charge in [0.25, 0.3) is 17.5 Å². The Morgan fingerprint density at radius 3 is 2.18 bits per heavy atom. The Hall–Kier alpha value is -5.64. The number of benzene rings is 4. The van der Waals surface area contributed by atoms with Gasteiger partial charge in [-0.3, -0.25) is 19.7 Å². The lowest BCUT2D eigenvalue weighted by Crippen LogP contribution is -2.21. The van der Waals surface area contributed by atoms with E-state index in [-0.39, 0.29) is 28.3 Å². The Kier molecular flexibility index (Phi) is 8.17. The number of nitro groups is 1. The second kappa shape index (κ2) is 12.1. The van der Waals surface area contributed by atoms with Crippen molar-refractivity contribution in [1.82, 2.24) is 5.43 Å². The molecule has 0 radical (unpaired) electrons. The maximum Gasteiger partial charge on any atom is 0.343 e. The molecule has 194 valence electrons. The van der Waals surface area contributed by atoms with Crippen molar-refractivity contribution in [2.45, 2.75) is 6.92 Å². The lowest BCUT2D eigenvalue weighted by molar-refractivity contribution is -0.384. The largest absolute Gasteiger partial charge is 0.422 e. The third-order valence-corrected chi connectivity index (χ3v) is 5.54. The Balaban J connectivity index is 1.43. The molecule has 39 heavy (non-hydrogen) atoms. The second-order valence-electron chi connectivity index (χ2n) is 8.30. The lowest BCUT2D eigenvalue weighted by Gasteiger charge is -2.10. The van der Waals surface area contributed by atoms with Gasteiger partial charge in [0.15, 0.2) is 0 Å². The van der Waals surface area contributed by atoms with Crippen molar-refractivity contribution in [3.63, 3.8) is 0 Å². The zero-order valence-electron chi connectivity index (χ0n) is 20.7. The summed E-state index contributed by atoms with van der Waals surface area (Å²) in [7, 11) is 0. The van der Waals surface area contributed by atoms with Crippen LogP contribution in [0.25, 0.3) is 0 Å². The summed E-state index contributed by atoms with van der Waals surface area (Å²) < 4.78 is 5.51. The van der Waals surface area contributed by atoms with Gasteiger partial charge < -0.3 is 10.1 Å². The van der Waals surface area contributed by atoms with Crippen molar-refractivity contribution in [3.8, 4) is 5.75 Å². The molecule has 10 heteroatoms. The fourth-order valence-electron chi connectivity index (χ4n) is 3.47. The number of hydrogen-bond donors (Lipinski definition) is 2. The molecule has 0 fully saturated rings. The standard InChI is InChI=1S/C29H22N4O6/c1-19-10-12-21(13-11-19)29(36)39-26-9-5-2-6-22(26)18-30-32-28(35)24-7-3-4-8-25(24)31-27(34)20-14-16-23(17-15-20)33(37)38/h2-18H,1H3,(H,31,34)(H,32,35)/b30-18-. The quantitative estimate of drug-likeness (QED) is 0.108. The highest BCUT2D eigenvalue weighted by atomic mass is 16.6. The van der Waals surface area contributed by atoms with E-state index in [1.165, 1.54) is 36.5 Å². The summed E-state index contributed by atoms with van der Waals surface area (Å²) >= 11 is 0. The Morgan fingerprint density at radius 1 is 0.821 bits per heavy atom. The van der Waals surface area contributed by atoms with E-state index in [1.807, 2.05) is 19.1 Å². The summed E-state index contributed by atoms with van der Waals surface area (Å²) in [6.07, 6.45) is 1.34. The molecule has 0 heterocycles. The van der Waals surface area contributed by atoms with E-state index in [9.17, 15) is 24.5 Å². The number of hydrogen-bond acceptors (Lipinski definition) is 7. The molecule has 0 aliphatic heterocycles. The molecular weight excluding hydrogens is 500 g/mol. The number of aryl methyl sites for hydroxylation is 1. The van der Waals surface area contributed by atoms with Crippen LogP contribution in [0.5, 0.6) is 5.75 Å². The van der Waals surface area contributed by atoms with E-state index in [1.54, 1.807) is 54.6 Å². The minimum Gasteiger partial charge on any atom is -0.422 e. The van der Waals surface area contributed by atoms with Crippen molar-refractivity contribution in [3.05, 3.63) is 135 Å². The maximum atomic E-state index is 12.8. The number of rotatable bonds is 8. The maximum absolute atomic E-state index is 12.8. The van der Waals surface area contributed by atoms with Gasteiger partial charge in [0.2, 0.25) is 0 Å². The monoisotopic (exact) mass is 522 g/mol. The number of nitro benzene ring substituents is 1. The molecule has 10 nitrogen and oxygen atoms in total. The highest BCUT2D eigenvalue weighted by Crippen LogP contribution is 2.20. The first-order chi connectivity index (χ1) is 18.8. The first-order valence-electron chi connectivity index (χ1n) is 11.7. The highest BCUT2D eigenvalue weighted by Gasteiger charge is 2.15. The molecule has 0 bridgehead atoms. The number of non-ortho nitro benzene ring substituents is 1. The zero-order chi connectivity index (χ0) is 27.8. The minimum absolute atomic E-state index is 0.143. The van der Waals surface area contributed by atoms with Crippen LogP contribution in [-0.4, -0.2) is 28.9 Å². The molecular formula is C29H22N4O6. The zero-order valence-corrected chi connectivity index (χ0v) is 20.7. The Bertz CT molecular complexity index is 1560. The van der Waals surface area contributed by atoms with Gasteiger partial charge in [-0.2, -0.15) is 5.10 Å². The van der Waals surface area contributed by atoms with E-state index >= 15 is 0 Å². The van der Waals surface area contributed by atoms with Gasteiger partial charge in [-0.25, -0.2) is 10.2 Å². The van der Waals surface area contributed by atoms with Crippen molar-refractivity contribution < 1.29 is 24.0 Å². The molecule has 0 aliphatic rings. The fourth-order valence-corrected chi connectivity index (χ4v) is 3.47. The Morgan fingerprint density at radius 2 is 1.46 bits per heavy atom. The van der Waals surface area contributed by atoms with Gasteiger partial charge in [-0.1, -0.05) is 42.0 Å². The molecule has 0 saturated carbocycles. The number of hydrazone groups is 1. The average Bonchev–Trinajstić information content (AvgIpc) is 2.94. The molecule has 0 aromatic heterocycles. The number of esters is 1. The van der Waals surface area contributed by atoms with Gasteiger partial charge in [0.05, 0.1) is 28.0 Å². The normalized spacial score (nSPS) is 10.6. The molecule has 0 atom stereocenters. The lowest BCUT2D eigenvalue weighted by atomic mass is 10.1. The molecule has 4 rings (SSSR count). The summed E-state index contributed by atoms with van der Waals surface area (Å²) in [6, 6.07) is 25.1. The fraction of sp³-hybridized carbons (Fsp3) is 0.0345. The highest BCUT2D eigenvalue weighted by molar-refractivity contribution is 6.09. The first-order valence-corrected chi connectivity index (χ1v) is 11.7. The smallest absolute Gasteiger partial charge is 0.343 e. The SMILES string of the molecule is Cc1ccc(C(=O)Oc2ccccc2/C=N\NC(=O)c2ccccc2NC(=O)c2ccc([N+](=O)[O-])cc2)cc1. The van der Waals surface area contributed by atoms with Gasteiger partial charge >= 0.3 is 5.97 Å². The van der Waals surface area contributed by atoms with Crippen LogP contribution in [0, 0.1) is 17.0 Å². The van der Waals surface area contributed by atoms with Crippen LogP contribution in [0.2, 0.25) is 0 Å². The van der Waals surface area contributed by atoms with Crippen molar-refractivity contribution in [2.24, 2.45) is 5.10 Å². The number of carbonyl (C=O) groups is 3. The summed E-state index contributed by atoms with van der Waals surface area (Å²) in [4.78, 5) is 48.3. The first kappa shape index (κ1) is 26.4. The molecule has 0 saturated heterocycles. The van der Waals surface area contributed by atoms with E-state index in [0.717, 1.165) is 5.56 Å². The van der Waals surface area contributed by atoms with E-state index in [4.69, 9.17) is 4.74 Å². The molecule has 2 N–H and O–H groups in total. The topological polar surface area (TPSA) is 140 Å². The summed E-state index contributed by atoms with van der Waals surface area (Å²) in [6.45, 7) is 1.92. The molecule has 2 amide bonds. The number of anilines is 1. The van der Waals surface area contributed by atoms with Gasteiger partial charge in [-0.05, 0) is 55.5 Å². The van der Waals surface area contributed by atoms with Crippen LogP contribution >= 0.6 is 0 Å². The predicted octanol–water partition coefficient (Wildman–Crippen LogP) is 5.14. The number of nitrogens with zero attached hydrogens (tertiary/aromatic N) is 2. The van der Waals surface area contributed by atoms with E-state index in [0.29, 0.717) is 11.1 Å². The molecule has 0 aliphatic carbocycles. The van der Waals surface area contributed by atoms with Crippen LogP contribution in [0.15, 0.2) is 102 Å². The molecule has 0 unspecified atom stereocenters. The number of carbonyl (C=O) groups excluding carboxylic acids is 3.